The molecule has 0 bridgehead atoms. The van der Waals surface area contributed by atoms with Crippen LogP contribution in [0.3, 0.4) is 0 Å². The zero-order valence-electron chi connectivity index (χ0n) is 11.6. The molecule has 0 fully saturated rings. The Bertz CT molecular complexity index is 753. The third-order valence-corrected chi connectivity index (χ3v) is 3.17. The van der Waals surface area contributed by atoms with Crippen LogP contribution in [0.5, 0.6) is 0 Å². The molecule has 0 aliphatic rings. The number of nitrogens with zero attached hydrogens (tertiary/aromatic N) is 4. The van der Waals surface area contributed by atoms with Gasteiger partial charge in [-0.15, -0.1) is 5.10 Å². The normalized spacial score (nSPS) is 12.2. The number of carbonyl (C=O) groups is 1. The molecule has 0 spiro atoms. The molecule has 3 rings (SSSR count). The first kappa shape index (κ1) is 13.2. The summed E-state index contributed by atoms with van der Waals surface area (Å²) in [5.74, 6) is -0.139. The summed E-state index contributed by atoms with van der Waals surface area (Å²) < 4.78 is 1.80. The molecule has 0 aliphatic heterocycles. The van der Waals surface area contributed by atoms with Crippen LogP contribution in [-0.2, 0) is 6.54 Å². The number of fused-ring (bicyclic) bond motifs is 1. The van der Waals surface area contributed by atoms with Gasteiger partial charge in [0.25, 0.3) is 5.91 Å². The molecule has 6 nitrogen and oxygen atoms in total. The van der Waals surface area contributed by atoms with Crippen molar-refractivity contribution in [1.29, 1.82) is 0 Å². The molecule has 0 aliphatic carbocycles. The van der Waals surface area contributed by atoms with E-state index in [1.807, 2.05) is 31.2 Å². The lowest BCUT2D eigenvalue weighted by molar-refractivity contribution is 0.0935. The van der Waals surface area contributed by atoms with E-state index in [2.05, 4.69) is 20.6 Å². The van der Waals surface area contributed by atoms with Gasteiger partial charge in [0.05, 0.1) is 17.6 Å². The van der Waals surface area contributed by atoms with E-state index in [4.69, 9.17) is 0 Å². The maximum Gasteiger partial charge on any atom is 0.253 e. The molecule has 2 heterocycles. The van der Waals surface area contributed by atoms with Crippen LogP contribution in [0.4, 0.5) is 0 Å². The Balaban J connectivity index is 1.69. The summed E-state index contributed by atoms with van der Waals surface area (Å²) >= 11 is 0. The van der Waals surface area contributed by atoms with Gasteiger partial charge in [-0.2, -0.15) is 0 Å². The largest absolute Gasteiger partial charge is 0.348 e. The third kappa shape index (κ3) is 2.89. The second-order valence-electron chi connectivity index (χ2n) is 4.88. The molecular weight excluding hydrogens is 266 g/mol. The molecule has 0 radical (unpaired) electrons. The van der Waals surface area contributed by atoms with Crippen molar-refractivity contribution in [3.63, 3.8) is 0 Å². The van der Waals surface area contributed by atoms with Crippen LogP contribution in [0.25, 0.3) is 11.0 Å². The highest BCUT2D eigenvalue weighted by Gasteiger charge is 2.12. The summed E-state index contributed by atoms with van der Waals surface area (Å²) in [6.07, 6.45) is 3.19. The highest BCUT2D eigenvalue weighted by atomic mass is 16.1. The topological polar surface area (TPSA) is 72.7 Å². The first-order valence-corrected chi connectivity index (χ1v) is 6.73. The Morgan fingerprint density at radius 3 is 2.95 bits per heavy atom. The van der Waals surface area contributed by atoms with Gasteiger partial charge < -0.3 is 5.32 Å². The molecule has 106 valence electrons. The van der Waals surface area contributed by atoms with E-state index in [0.717, 1.165) is 11.0 Å². The van der Waals surface area contributed by atoms with E-state index >= 15 is 0 Å². The van der Waals surface area contributed by atoms with Crippen molar-refractivity contribution in [2.24, 2.45) is 0 Å². The molecule has 21 heavy (non-hydrogen) atoms. The Morgan fingerprint density at radius 2 is 2.14 bits per heavy atom. The van der Waals surface area contributed by atoms with Gasteiger partial charge >= 0.3 is 0 Å². The maximum absolute atomic E-state index is 12.1. The van der Waals surface area contributed by atoms with Crippen molar-refractivity contribution in [2.75, 3.05) is 0 Å². The monoisotopic (exact) mass is 281 g/mol. The van der Waals surface area contributed by atoms with E-state index in [0.29, 0.717) is 12.1 Å². The number of hydrogen-bond donors (Lipinski definition) is 1. The van der Waals surface area contributed by atoms with Gasteiger partial charge in [0.15, 0.2) is 0 Å². The molecule has 0 saturated carbocycles. The number of benzene rings is 1. The number of amides is 1. The first-order chi connectivity index (χ1) is 10.2. The van der Waals surface area contributed by atoms with Crippen molar-refractivity contribution in [3.05, 3.63) is 54.4 Å². The molecule has 1 atom stereocenters. The minimum Gasteiger partial charge on any atom is -0.348 e. The van der Waals surface area contributed by atoms with E-state index < -0.39 is 0 Å². The number of aromatic nitrogens is 4. The number of para-hydroxylation sites is 1. The number of rotatable bonds is 4. The smallest absolute Gasteiger partial charge is 0.253 e. The summed E-state index contributed by atoms with van der Waals surface area (Å²) in [6.45, 7) is 2.50. The highest BCUT2D eigenvalue weighted by Crippen LogP contribution is 2.10. The van der Waals surface area contributed by atoms with Gasteiger partial charge in [-0.25, -0.2) is 4.68 Å². The second-order valence-corrected chi connectivity index (χ2v) is 4.88. The van der Waals surface area contributed by atoms with E-state index in [-0.39, 0.29) is 11.9 Å². The predicted molar refractivity (Wildman–Crippen MR) is 78.7 cm³/mol. The molecular formula is C15H15N5O. The van der Waals surface area contributed by atoms with Gasteiger partial charge in [-0.05, 0) is 31.2 Å². The zero-order chi connectivity index (χ0) is 14.7. The lowest BCUT2D eigenvalue weighted by Gasteiger charge is -2.14. The Kier molecular flexibility index (Phi) is 3.59. The summed E-state index contributed by atoms with van der Waals surface area (Å²) in [6, 6.07) is 11.2. The molecule has 0 saturated heterocycles. The Labute approximate surface area is 121 Å². The fraction of sp³-hybridized carbons (Fsp3) is 0.200. The molecule has 1 amide bonds. The van der Waals surface area contributed by atoms with E-state index in [1.165, 1.54) is 0 Å². The maximum atomic E-state index is 12.1. The Morgan fingerprint density at radius 1 is 1.29 bits per heavy atom. The summed E-state index contributed by atoms with van der Waals surface area (Å²) in [5, 5.41) is 11.1. The number of hydrogen-bond acceptors (Lipinski definition) is 4. The number of pyridine rings is 1. The lowest BCUT2D eigenvalue weighted by Crippen LogP contribution is -2.36. The average molecular weight is 281 g/mol. The molecule has 1 N–H and O–H groups in total. The van der Waals surface area contributed by atoms with Crippen molar-refractivity contribution in [3.8, 4) is 0 Å². The summed E-state index contributed by atoms with van der Waals surface area (Å²) in [5.41, 5.74) is 2.36. The van der Waals surface area contributed by atoms with Crippen molar-refractivity contribution >= 4 is 16.9 Å². The van der Waals surface area contributed by atoms with Gasteiger partial charge in [0.1, 0.15) is 5.52 Å². The molecule has 6 heteroatoms. The fourth-order valence-electron chi connectivity index (χ4n) is 2.16. The lowest BCUT2D eigenvalue weighted by atomic mass is 10.2. The van der Waals surface area contributed by atoms with E-state index in [1.54, 1.807) is 29.2 Å². The second kappa shape index (κ2) is 5.70. The van der Waals surface area contributed by atoms with Gasteiger partial charge in [-0.1, -0.05) is 17.3 Å². The third-order valence-electron chi connectivity index (χ3n) is 3.17. The van der Waals surface area contributed by atoms with Crippen molar-refractivity contribution < 1.29 is 4.79 Å². The first-order valence-electron chi connectivity index (χ1n) is 6.73. The summed E-state index contributed by atoms with van der Waals surface area (Å²) in [4.78, 5) is 16.0. The van der Waals surface area contributed by atoms with Crippen LogP contribution in [0.1, 0.15) is 17.3 Å². The van der Waals surface area contributed by atoms with Gasteiger partial charge in [-0.3, -0.25) is 9.78 Å². The Hall–Kier alpha value is -2.76. The highest BCUT2D eigenvalue weighted by molar-refractivity contribution is 5.93. The molecule has 3 aromatic rings. The predicted octanol–water partition coefficient (Wildman–Crippen LogP) is 1.64. The van der Waals surface area contributed by atoms with Crippen LogP contribution in [0, 0.1) is 0 Å². The molecule has 1 aromatic carbocycles. The van der Waals surface area contributed by atoms with Crippen LogP contribution in [0.2, 0.25) is 0 Å². The van der Waals surface area contributed by atoms with Crippen LogP contribution >= 0.6 is 0 Å². The van der Waals surface area contributed by atoms with E-state index in [9.17, 15) is 4.79 Å². The number of nitrogens with one attached hydrogen (secondary N) is 1. The van der Waals surface area contributed by atoms with Crippen molar-refractivity contribution in [2.45, 2.75) is 19.5 Å². The summed E-state index contributed by atoms with van der Waals surface area (Å²) in [7, 11) is 0. The standard InChI is InChI=1S/C15H15N5O/c1-11(17-15(21)12-5-4-8-16-9-12)10-20-14-7-3-2-6-13(14)18-19-20/h2-9,11H,10H2,1H3,(H,17,21)/t11-/m1/s1. The fourth-order valence-corrected chi connectivity index (χ4v) is 2.16. The average Bonchev–Trinajstić information content (AvgIpc) is 2.91. The van der Waals surface area contributed by atoms with Crippen molar-refractivity contribution in [1.82, 2.24) is 25.3 Å². The minimum absolute atomic E-state index is 0.0668. The number of carbonyl (C=O) groups excluding carboxylic acids is 1. The quantitative estimate of drug-likeness (QED) is 0.789. The zero-order valence-corrected chi connectivity index (χ0v) is 11.6. The van der Waals surface area contributed by atoms with Crippen LogP contribution < -0.4 is 5.32 Å². The molecule has 2 aromatic heterocycles. The van der Waals surface area contributed by atoms with Crippen LogP contribution in [0.15, 0.2) is 48.8 Å². The SMILES string of the molecule is C[C@H](Cn1nnc2ccccc21)NC(=O)c1cccnc1. The van der Waals surface area contributed by atoms with Gasteiger partial charge in [0, 0.05) is 18.4 Å². The molecule has 0 unspecified atom stereocenters. The van der Waals surface area contributed by atoms with Gasteiger partial charge in [0.2, 0.25) is 0 Å². The minimum atomic E-state index is -0.139. The van der Waals surface area contributed by atoms with Crippen LogP contribution in [-0.4, -0.2) is 31.9 Å².